The second-order valence-electron chi connectivity index (χ2n) is 4.89. The Bertz CT molecular complexity index is 568. The fraction of sp³-hybridized carbons (Fsp3) is 0.294. The van der Waals surface area contributed by atoms with Gasteiger partial charge in [-0.3, -0.25) is 0 Å². The standard InChI is InChI=1S/C17H18O2S/c18-16-10-9-15-14(16)7-4-8-17(15)19-11-12-20-13-5-2-1-3-6-13/h1-8,16,18H,9-12H2. The number of benzene rings is 2. The molecule has 104 valence electrons. The lowest BCUT2D eigenvalue weighted by molar-refractivity contribution is 0.180. The Morgan fingerprint density at radius 3 is 2.80 bits per heavy atom. The van der Waals surface area contributed by atoms with Gasteiger partial charge >= 0.3 is 0 Å². The van der Waals surface area contributed by atoms with Crippen molar-refractivity contribution in [2.24, 2.45) is 0 Å². The molecule has 2 nitrogen and oxygen atoms in total. The van der Waals surface area contributed by atoms with E-state index >= 15 is 0 Å². The molecule has 2 aromatic carbocycles. The first-order valence-electron chi connectivity index (χ1n) is 6.95. The number of thioether (sulfide) groups is 1. The van der Waals surface area contributed by atoms with Crippen LogP contribution in [0.2, 0.25) is 0 Å². The van der Waals surface area contributed by atoms with Gasteiger partial charge in [0.25, 0.3) is 0 Å². The number of rotatable bonds is 5. The van der Waals surface area contributed by atoms with Crippen LogP contribution >= 0.6 is 11.8 Å². The summed E-state index contributed by atoms with van der Waals surface area (Å²) in [7, 11) is 0. The van der Waals surface area contributed by atoms with Crippen LogP contribution in [-0.2, 0) is 6.42 Å². The SMILES string of the molecule is OC1CCc2c(OCCSc3ccccc3)cccc21. The van der Waals surface area contributed by atoms with Crippen LogP contribution < -0.4 is 4.74 Å². The van der Waals surface area contributed by atoms with Crippen molar-refractivity contribution >= 4 is 11.8 Å². The maximum atomic E-state index is 9.87. The number of fused-ring (bicyclic) bond motifs is 1. The molecule has 0 radical (unpaired) electrons. The zero-order valence-electron chi connectivity index (χ0n) is 11.3. The Morgan fingerprint density at radius 1 is 1.10 bits per heavy atom. The number of hydrogen-bond acceptors (Lipinski definition) is 3. The minimum atomic E-state index is -0.313. The van der Waals surface area contributed by atoms with Crippen molar-refractivity contribution in [2.75, 3.05) is 12.4 Å². The lowest BCUT2D eigenvalue weighted by Gasteiger charge is -2.11. The Balaban J connectivity index is 1.55. The minimum Gasteiger partial charge on any atom is -0.492 e. The molecule has 1 unspecified atom stereocenters. The quantitative estimate of drug-likeness (QED) is 0.669. The first-order chi connectivity index (χ1) is 9.84. The average Bonchev–Trinajstić information content (AvgIpc) is 2.87. The summed E-state index contributed by atoms with van der Waals surface area (Å²) in [5.41, 5.74) is 2.22. The van der Waals surface area contributed by atoms with Crippen LogP contribution in [0.15, 0.2) is 53.4 Å². The Kier molecular flexibility index (Phi) is 4.28. The number of aliphatic hydroxyl groups excluding tert-OH is 1. The highest BCUT2D eigenvalue weighted by Crippen LogP contribution is 2.36. The van der Waals surface area contributed by atoms with E-state index in [1.165, 1.54) is 10.5 Å². The van der Waals surface area contributed by atoms with Gasteiger partial charge in [-0.1, -0.05) is 30.3 Å². The van der Waals surface area contributed by atoms with Gasteiger partial charge in [0.15, 0.2) is 0 Å². The number of aliphatic hydroxyl groups is 1. The van der Waals surface area contributed by atoms with Gasteiger partial charge in [-0.05, 0) is 36.6 Å². The molecule has 0 saturated carbocycles. The summed E-state index contributed by atoms with van der Waals surface area (Å²) in [6.45, 7) is 0.687. The summed E-state index contributed by atoms with van der Waals surface area (Å²) >= 11 is 1.80. The maximum Gasteiger partial charge on any atom is 0.122 e. The molecule has 0 amide bonds. The van der Waals surface area contributed by atoms with Crippen molar-refractivity contribution < 1.29 is 9.84 Å². The fourth-order valence-corrected chi connectivity index (χ4v) is 3.31. The van der Waals surface area contributed by atoms with E-state index in [1.54, 1.807) is 11.8 Å². The van der Waals surface area contributed by atoms with Crippen molar-refractivity contribution in [3.05, 3.63) is 59.7 Å². The van der Waals surface area contributed by atoms with E-state index in [1.807, 2.05) is 24.3 Å². The molecule has 0 saturated heterocycles. The molecule has 0 heterocycles. The molecule has 0 bridgehead atoms. The summed E-state index contributed by atoms with van der Waals surface area (Å²) in [5, 5.41) is 9.87. The van der Waals surface area contributed by atoms with Crippen molar-refractivity contribution in [3.63, 3.8) is 0 Å². The van der Waals surface area contributed by atoms with Crippen molar-refractivity contribution in [1.82, 2.24) is 0 Å². The molecule has 0 aliphatic heterocycles. The third kappa shape index (κ3) is 3.00. The topological polar surface area (TPSA) is 29.5 Å². The smallest absolute Gasteiger partial charge is 0.122 e. The molecular weight excluding hydrogens is 268 g/mol. The summed E-state index contributed by atoms with van der Waals surface area (Å²) in [4.78, 5) is 1.27. The second-order valence-corrected chi connectivity index (χ2v) is 6.06. The molecule has 2 aromatic rings. The van der Waals surface area contributed by atoms with Gasteiger partial charge in [0.05, 0.1) is 12.7 Å². The van der Waals surface area contributed by atoms with Crippen LogP contribution in [0.3, 0.4) is 0 Å². The predicted molar refractivity (Wildman–Crippen MR) is 82.4 cm³/mol. The molecule has 20 heavy (non-hydrogen) atoms. The Hall–Kier alpha value is -1.45. The van der Waals surface area contributed by atoms with Gasteiger partial charge in [-0.25, -0.2) is 0 Å². The largest absolute Gasteiger partial charge is 0.492 e. The number of ether oxygens (including phenoxy) is 1. The van der Waals surface area contributed by atoms with Crippen LogP contribution in [0.1, 0.15) is 23.7 Å². The predicted octanol–water partition coefficient (Wildman–Crippen LogP) is 3.84. The fourth-order valence-electron chi connectivity index (χ4n) is 2.56. The second kappa shape index (κ2) is 6.33. The number of hydrogen-bond donors (Lipinski definition) is 1. The van der Waals surface area contributed by atoms with Crippen molar-refractivity contribution in [1.29, 1.82) is 0 Å². The molecule has 1 aliphatic rings. The van der Waals surface area contributed by atoms with Crippen LogP contribution in [0.25, 0.3) is 0 Å². The van der Waals surface area contributed by atoms with Gasteiger partial charge < -0.3 is 9.84 Å². The summed E-state index contributed by atoms with van der Waals surface area (Å²) in [5.74, 6) is 1.86. The van der Waals surface area contributed by atoms with Crippen molar-refractivity contribution in [2.45, 2.75) is 23.8 Å². The van der Waals surface area contributed by atoms with E-state index in [-0.39, 0.29) is 6.10 Å². The average molecular weight is 286 g/mol. The first-order valence-corrected chi connectivity index (χ1v) is 7.93. The van der Waals surface area contributed by atoms with Gasteiger partial charge in [0.2, 0.25) is 0 Å². The Labute approximate surface area is 123 Å². The van der Waals surface area contributed by atoms with E-state index in [4.69, 9.17) is 4.74 Å². The van der Waals surface area contributed by atoms with E-state index < -0.39 is 0 Å². The molecule has 3 rings (SSSR count). The van der Waals surface area contributed by atoms with E-state index in [0.29, 0.717) is 6.61 Å². The van der Waals surface area contributed by atoms with Gasteiger partial charge in [0, 0.05) is 16.2 Å². The van der Waals surface area contributed by atoms with Crippen LogP contribution in [0, 0.1) is 0 Å². The zero-order chi connectivity index (χ0) is 13.8. The van der Waals surface area contributed by atoms with Crippen molar-refractivity contribution in [3.8, 4) is 5.75 Å². The Morgan fingerprint density at radius 2 is 1.95 bits per heavy atom. The molecule has 0 fully saturated rings. The van der Waals surface area contributed by atoms with Gasteiger partial charge in [-0.15, -0.1) is 11.8 Å². The van der Waals surface area contributed by atoms with Crippen LogP contribution in [-0.4, -0.2) is 17.5 Å². The van der Waals surface area contributed by atoms with Crippen LogP contribution in [0.5, 0.6) is 5.75 Å². The highest BCUT2D eigenvalue weighted by Gasteiger charge is 2.22. The third-order valence-electron chi connectivity index (χ3n) is 3.55. The molecule has 1 N–H and O–H groups in total. The highest BCUT2D eigenvalue weighted by molar-refractivity contribution is 7.99. The monoisotopic (exact) mass is 286 g/mol. The normalized spacial score (nSPS) is 16.9. The zero-order valence-corrected chi connectivity index (χ0v) is 12.1. The maximum absolute atomic E-state index is 9.87. The van der Waals surface area contributed by atoms with E-state index in [9.17, 15) is 5.11 Å². The molecule has 3 heteroatoms. The van der Waals surface area contributed by atoms with E-state index in [2.05, 4.69) is 24.3 Å². The van der Waals surface area contributed by atoms with Gasteiger partial charge in [0.1, 0.15) is 5.75 Å². The van der Waals surface area contributed by atoms with Crippen LogP contribution in [0.4, 0.5) is 0 Å². The lowest BCUT2D eigenvalue weighted by Crippen LogP contribution is -2.02. The summed E-state index contributed by atoms with van der Waals surface area (Å²) in [6.07, 6.45) is 1.42. The molecule has 0 spiro atoms. The highest BCUT2D eigenvalue weighted by atomic mass is 32.2. The third-order valence-corrected chi connectivity index (χ3v) is 4.53. The van der Waals surface area contributed by atoms with Gasteiger partial charge in [-0.2, -0.15) is 0 Å². The minimum absolute atomic E-state index is 0.313. The molecule has 0 aromatic heterocycles. The lowest BCUT2D eigenvalue weighted by atomic mass is 10.1. The summed E-state index contributed by atoms with van der Waals surface area (Å²) < 4.78 is 5.89. The molecular formula is C17H18O2S. The van der Waals surface area contributed by atoms with E-state index in [0.717, 1.165) is 29.9 Å². The molecule has 1 aliphatic carbocycles. The summed E-state index contributed by atoms with van der Waals surface area (Å²) in [6, 6.07) is 16.3. The first kappa shape index (κ1) is 13.5. The molecule has 1 atom stereocenters.